The number of nitrogens with one attached hydrogen (secondary N) is 2. The lowest BCUT2D eigenvalue weighted by Crippen LogP contribution is -2.26. The van der Waals surface area contributed by atoms with Crippen molar-refractivity contribution < 1.29 is 4.79 Å². The maximum absolute atomic E-state index is 12.0. The molecule has 0 aliphatic rings. The molecule has 0 spiro atoms. The Bertz CT molecular complexity index is 615. The van der Waals surface area contributed by atoms with Crippen LogP contribution in [0.3, 0.4) is 0 Å². The summed E-state index contributed by atoms with van der Waals surface area (Å²) in [5, 5.41) is 6.00. The Morgan fingerprint density at radius 1 is 1.30 bits per heavy atom. The number of halogens is 2. The van der Waals surface area contributed by atoms with Gasteiger partial charge < -0.3 is 10.6 Å². The van der Waals surface area contributed by atoms with Crippen LogP contribution in [0.2, 0.25) is 9.36 Å². The molecule has 0 saturated heterocycles. The van der Waals surface area contributed by atoms with Crippen LogP contribution >= 0.6 is 34.5 Å². The summed E-state index contributed by atoms with van der Waals surface area (Å²) in [6.07, 6.45) is 0.729. The minimum Gasteiger partial charge on any atom is -0.373 e. The van der Waals surface area contributed by atoms with Gasteiger partial charge in [-0.1, -0.05) is 23.2 Å². The summed E-state index contributed by atoms with van der Waals surface area (Å²) >= 11 is 13.3. The van der Waals surface area contributed by atoms with E-state index >= 15 is 0 Å². The van der Waals surface area contributed by atoms with Crippen molar-refractivity contribution in [3.8, 4) is 0 Å². The summed E-state index contributed by atoms with van der Waals surface area (Å²) in [7, 11) is 1.73. The van der Waals surface area contributed by atoms with Crippen LogP contribution in [0.1, 0.15) is 15.4 Å². The van der Waals surface area contributed by atoms with Crippen LogP contribution in [0.15, 0.2) is 24.3 Å². The predicted octanol–water partition coefficient (Wildman–Crippen LogP) is 3.46. The van der Waals surface area contributed by atoms with Crippen molar-refractivity contribution >= 4 is 46.3 Å². The van der Waals surface area contributed by atoms with Gasteiger partial charge in [0.1, 0.15) is 11.5 Å². The highest BCUT2D eigenvalue weighted by Crippen LogP contribution is 2.21. The molecule has 0 radical (unpaired) electrons. The van der Waals surface area contributed by atoms with Crippen molar-refractivity contribution in [2.45, 2.75) is 6.42 Å². The summed E-state index contributed by atoms with van der Waals surface area (Å²) in [5.74, 6) is 0.319. The van der Waals surface area contributed by atoms with E-state index in [1.807, 2.05) is 12.1 Å². The molecule has 0 unspecified atom stereocenters. The topological polar surface area (TPSA) is 54.0 Å². The first-order valence-electron chi connectivity index (χ1n) is 5.97. The molecule has 4 nitrogen and oxygen atoms in total. The monoisotopic (exact) mass is 329 g/mol. The van der Waals surface area contributed by atoms with Crippen LogP contribution in [0.5, 0.6) is 0 Å². The van der Waals surface area contributed by atoms with E-state index in [9.17, 15) is 4.79 Å². The highest BCUT2D eigenvalue weighted by atomic mass is 35.5. The zero-order chi connectivity index (χ0) is 14.5. The van der Waals surface area contributed by atoms with Gasteiger partial charge in [-0.15, -0.1) is 11.3 Å². The molecule has 0 aliphatic heterocycles. The molecule has 2 heterocycles. The summed E-state index contributed by atoms with van der Waals surface area (Å²) < 4.78 is 0.748. The molecule has 0 fully saturated rings. The number of carbonyl (C=O) groups is 1. The van der Waals surface area contributed by atoms with Gasteiger partial charge in [-0.2, -0.15) is 0 Å². The molecule has 2 rings (SSSR count). The highest BCUT2D eigenvalue weighted by molar-refractivity contribution is 7.16. The van der Waals surface area contributed by atoms with E-state index in [-0.39, 0.29) is 11.6 Å². The molecule has 2 aromatic heterocycles. The second-order valence-corrected chi connectivity index (χ2v) is 6.20. The van der Waals surface area contributed by atoms with Gasteiger partial charge in [-0.05, 0) is 30.7 Å². The molecule has 2 N–H and O–H groups in total. The SMILES string of the molecule is CNc1ccc(Cl)c(C(=O)NCCc2ccc(Cl)s2)n1. The Kier molecular flexibility index (Phi) is 5.23. The Balaban J connectivity index is 1.94. The molecule has 0 aromatic carbocycles. The van der Waals surface area contributed by atoms with Crippen LogP contribution in [0.25, 0.3) is 0 Å². The van der Waals surface area contributed by atoms with Gasteiger partial charge in [-0.3, -0.25) is 4.79 Å². The maximum Gasteiger partial charge on any atom is 0.271 e. The summed E-state index contributed by atoms with van der Waals surface area (Å²) in [6, 6.07) is 7.16. The lowest BCUT2D eigenvalue weighted by Gasteiger charge is -2.07. The fraction of sp³-hybridized carbons (Fsp3) is 0.231. The first-order chi connectivity index (χ1) is 9.60. The summed E-state index contributed by atoms with van der Waals surface area (Å²) in [5.41, 5.74) is 0.225. The number of aromatic nitrogens is 1. The van der Waals surface area contributed by atoms with E-state index in [0.29, 0.717) is 17.4 Å². The van der Waals surface area contributed by atoms with Gasteiger partial charge in [0.25, 0.3) is 5.91 Å². The van der Waals surface area contributed by atoms with E-state index in [1.165, 1.54) is 11.3 Å². The molecule has 0 atom stereocenters. The van der Waals surface area contributed by atoms with E-state index in [4.69, 9.17) is 23.2 Å². The molecule has 0 saturated carbocycles. The average Bonchev–Trinajstić information content (AvgIpc) is 2.85. The predicted molar refractivity (Wildman–Crippen MR) is 84.2 cm³/mol. The first-order valence-corrected chi connectivity index (χ1v) is 7.54. The number of hydrogen-bond donors (Lipinski definition) is 2. The number of pyridine rings is 1. The maximum atomic E-state index is 12.0. The fourth-order valence-corrected chi connectivity index (χ4v) is 2.89. The van der Waals surface area contributed by atoms with Crippen molar-refractivity contribution in [1.82, 2.24) is 10.3 Å². The number of amides is 1. The zero-order valence-corrected chi connectivity index (χ0v) is 13.1. The molecule has 2 aromatic rings. The number of carbonyl (C=O) groups excluding carboxylic acids is 1. The molecular formula is C13H13Cl2N3OS. The second kappa shape index (κ2) is 6.92. The van der Waals surface area contributed by atoms with Crippen LogP contribution in [0, 0.1) is 0 Å². The van der Waals surface area contributed by atoms with Crippen LogP contribution in [-0.4, -0.2) is 24.5 Å². The largest absolute Gasteiger partial charge is 0.373 e. The smallest absolute Gasteiger partial charge is 0.271 e. The van der Waals surface area contributed by atoms with Crippen LogP contribution < -0.4 is 10.6 Å². The lowest BCUT2D eigenvalue weighted by atomic mass is 10.3. The van der Waals surface area contributed by atoms with Gasteiger partial charge in [0.2, 0.25) is 0 Å². The average molecular weight is 330 g/mol. The van der Waals surface area contributed by atoms with Gasteiger partial charge in [0.05, 0.1) is 9.36 Å². The Hall–Kier alpha value is -1.30. The molecule has 0 aliphatic carbocycles. The van der Waals surface area contributed by atoms with Crippen LogP contribution in [0.4, 0.5) is 5.82 Å². The number of thiophene rings is 1. The molecule has 7 heteroatoms. The van der Waals surface area contributed by atoms with Crippen molar-refractivity contribution in [1.29, 1.82) is 0 Å². The molecule has 20 heavy (non-hydrogen) atoms. The third-order valence-corrected chi connectivity index (χ3v) is 4.20. The zero-order valence-electron chi connectivity index (χ0n) is 10.7. The Labute approximate surface area is 131 Å². The minimum atomic E-state index is -0.283. The lowest BCUT2D eigenvalue weighted by molar-refractivity contribution is 0.0949. The van der Waals surface area contributed by atoms with Gasteiger partial charge >= 0.3 is 0 Å². The van der Waals surface area contributed by atoms with Crippen molar-refractivity contribution in [3.63, 3.8) is 0 Å². The molecular weight excluding hydrogens is 317 g/mol. The number of nitrogens with zero attached hydrogens (tertiary/aromatic N) is 1. The van der Waals surface area contributed by atoms with Gasteiger partial charge in [0, 0.05) is 18.5 Å². The van der Waals surface area contributed by atoms with E-state index < -0.39 is 0 Å². The second-order valence-electron chi connectivity index (χ2n) is 3.99. The van der Waals surface area contributed by atoms with Gasteiger partial charge in [-0.25, -0.2) is 4.98 Å². The normalized spacial score (nSPS) is 10.3. The number of anilines is 1. The number of rotatable bonds is 5. The third kappa shape index (κ3) is 3.85. The Morgan fingerprint density at radius 2 is 2.10 bits per heavy atom. The highest BCUT2D eigenvalue weighted by Gasteiger charge is 2.12. The van der Waals surface area contributed by atoms with Crippen molar-refractivity contribution in [2.75, 3.05) is 18.9 Å². The van der Waals surface area contributed by atoms with Crippen molar-refractivity contribution in [2.24, 2.45) is 0 Å². The van der Waals surface area contributed by atoms with Gasteiger partial charge in [0.15, 0.2) is 0 Å². The van der Waals surface area contributed by atoms with Crippen molar-refractivity contribution in [3.05, 3.63) is 44.2 Å². The number of hydrogen-bond acceptors (Lipinski definition) is 4. The first kappa shape index (κ1) is 15.1. The standard InChI is InChI=1S/C13H13Cl2N3OS/c1-16-11-5-3-9(14)12(18-11)13(19)17-7-6-8-2-4-10(15)20-8/h2-5H,6-7H2,1H3,(H,16,18)(H,17,19). The molecule has 0 bridgehead atoms. The molecule has 1 amide bonds. The van der Waals surface area contributed by atoms with E-state index in [2.05, 4.69) is 15.6 Å². The summed E-state index contributed by atoms with van der Waals surface area (Å²) in [4.78, 5) is 17.3. The third-order valence-electron chi connectivity index (χ3n) is 2.60. The quantitative estimate of drug-likeness (QED) is 0.883. The Morgan fingerprint density at radius 3 is 2.75 bits per heavy atom. The van der Waals surface area contributed by atoms with E-state index in [0.717, 1.165) is 15.6 Å². The summed E-state index contributed by atoms with van der Waals surface area (Å²) in [6.45, 7) is 0.511. The molecule has 106 valence electrons. The minimum absolute atomic E-state index is 0.225. The van der Waals surface area contributed by atoms with Crippen LogP contribution in [-0.2, 0) is 6.42 Å². The fourth-order valence-electron chi connectivity index (χ4n) is 1.61. The van der Waals surface area contributed by atoms with E-state index in [1.54, 1.807) is 19.2 Å².